The largest absolute Gasteiger partial charge is 0.399 e. The normalized spacial score (nSPS) is 10.8. The molecule has 1 aromatic rings. The predicted molar refractivity (Wildman–Crippen MR) is 85.7 cm³/mol. The van der Waals surface area contributed by atoms with Crippen LogP contribution in [0.4, 0.5) is 11.4 Å². The highest BCUT2D eigenvalue weighted by molar-refractivity contribution is 5.90. The highest BCUT2D eigenvalue weighted by Crippen LogP contribution is 2.11. The fourth-order valence-corrected chi connectivity index (χ4v) is 2.04. The topological polar surface area (TPSA) is 58.4 Å². The highest BCUT2D eigenvalue weighted by Gasteiger charge is 2.04. The molecule has 4 heteroatoms. The summed E-state index contributed by atoms with van der Waals surface area (Å²) in [6.07, 6.45) is 5.22. The SMILES string of the molecule is CCCCCN(C)CCCC(=O)Nc1ccc(N)cc1. The van der Waals surface area contributed by atoms with E-state index < -0.39 is 0 Å². The summed E-state index contributed by atoms with van der Waals surface area (Å²) in [6, 6.07) is 7.22. The molecule has 0 unspecified atom stereocenters. The van der Waals surface area contributed by atoms with Crippen molar-refractivity contribution in [3.63, 3.8) is 0 Å². The lowest BCUT2D eigenvalue weighted by Gasteiger charge is -2.15. The lowest BCUT2D eigenvalue weighted by atomic mass is 10.2. The molecule has 0 fully saturated rings. The molecule has 1 rings (SSSR count). The van der Waals surface area contributed by atoms with Gasteiger partial charge in [0.15, 0.2) is 0 Å². The zero-order valence-corrected chi connectivity index (χ0v) is 12.7. The average Bonchev–Trinajstić information content (AvgIpc) is 2.42. The number of unbranched alkanes of at least 4 members (excludes halogenated alkanes) is 2. The van der Waals surface area contributed by atoms with Gasteiger partial charge in [0.1, 0.15) is 0 Å². The molecule has 0 spiro atoms. The van der Waals surface area contributed by atoms with Gasteiger partial charge in [-0.05, 0) is 57.2 Å². The molecule has 0 saturated heterocycles. The van der Waals surface area contributed by atoms with Gasteiger partial charge in [0.2, 0.25) is 5.91 Å². The van der Waals surface area contributed by atoms with Gasteiger partial charge >= 0.3 is 0 Å². The van der Waals surface area contributed by atoms with Gasteiger partial charge in [-0.2, -0.15) is 0 Å². The number of hydrogen-bond donors (Lipinski definition) is 2. The lowest BCUT2D eigenvalue weighted by Crippen LogP contribution is -2.22. The van der Waals surface area contributed by atoms with Crippen LogP contribution in [0, 0.1) is 0 Å². The van der Waals surface area contributed by atoms with Crippen molar-refractivity contribution in [2.24, 2.45) is 0 Å². The molecule has 1 amide bonds. The number of nitrogens with two attached hydrogens (primary N) is 1. The summed E-state index contributed by atoms with van der Waals surface area (Å²) >= 11 is 0. The Labute approximate surface area is 122 Å². The van der Waals surface area contributed by atoms with Gasteiger partial charge < -0.3 is 16.0 Å². The summed E-state index contributed by atoms with van der Waals surface area (Å²) < 4.78 is 0. The molecule has 3 N–H and O–H groups in total. The fraction of sp³-hybridized carbons (Fsp3) is 0.562. The van der Waals surface area contributed by atoms with Crippen molar-refractivity contribution in [2.75, 3.05) is 31.2 Å². The Kier molecular flexibility index (Phi) is 7.73. The summed E-state index contributed by atoms with van der Waals surface area (Å²) in [5.41, 5.74) is 7.11. The minimum absolute atomic E-state index is 0.0664. The third-order valence-electron chi connectivity index (χ3n) is 3.28. The molecule has 4 nitrogen and oxygen atoms in total. The second-order valence-corrected chi connectivity index (χ2v) is 5.28. The Bertz CT molecular complexity index is 389. The maximum Gasteiger partial charge on any atom is 0.224 e. The van der Waals surface area contributed by atoms with Crippen LogP contribution in [0.2, 0.25) is 0 Å². The summed E-state index contributed by atoms with van der Waals surface area (Å²) in [7, 11) is 2.12. The van der Waals surface area contributed by atoms with Crippen LogP contribution >= 0.6 is 0 Å². The van der Waals surface area contributed by atoms with E-state index in [1.165, 1.54) is 19.3 Å². The number of nitrogens with one attached hydrogen (secondary N) is 1. The van der Waals surface area contributed by atoms with Crippen LogP contribution in [-0.2, 0) is 4.79 Å². The molecule has 1 aromatic carbocycles. The molecule has 0 aliphatic rings. The van der Waals surface area contributed by atoms with Gasteiger partial charge in [-0.3, -0.25) is 4.79 Å². The van der Waals surface area contributed by atoms with Crippen LogP contribution in [-0.4, -0.2) is 30.9 Å². The van der Waals surface area contributed by atoms with Crippen molar-refractivity contribution in [3.05, 3.63) is 24.3 Å². The van der Waals surface area contributed by atoms with Crippen LogP contribution in [0.15, 0.2) is 24.3 Å². The molecule has 0 atom stereocenters. The van der Waals surface area contributed by atoms with Crippen LogP contribution in [0.5, 0.6) is 0 Å². The summed E-state index contributed by atoms with van der Waals surface area (Å²) in [5, 5.41) is 2.88. The Morgan fingerprint density at radius 2 is 1.80 bits per heavy atom. The minimum atomic E-state index is 0.0664. The monoisotopic (exact) mass is 277 g/mol. The van der Waals surface area contributed by atoms with Crippen molar-refractivity contribution in [1.82, 2.24) is 4.90 Å². The fourth-order valence-electron chi connectivity index (χ4n) is 2.04. The van der Waals surface area contributed by atoms with Crippen LogP contribution in [0.25, 0.3) is 0 Å². The number of rotatable bonds is 9. The number of carbonyl (C=O) groups is 1. The van der Waals surface area contributed by atoms with Crippen molar-refractivity contribution < 1.29 is 4.79 Å². The van der Waals surface area contributed by atoms with E-state index in [-0.39, 0.29) is 5.91 Å². The van der Waals surface area contributed by atoms with Crippen LogP contribution in [0.1, 0.15) is 39.0 Å². The number of hydrogen-bond acceptors (Lipinski definition) is 3. The Hall–Kier alpha value is -1.55. The summed E-state index contributed by atoms with van der Waals surface area (Å²) in [4.78, 5) is 14.1. The van der Waals surface area contributed by atoms with Gasteiger partial charge in [0.05, 0.1) is 0 Å². The predicted octanol–water partition coefficient (Wildman–Crippen LogP) is 3.11. The molecule has 20 heavy (non-hydrogen) atoms. The zero-order valence-electron chi connectivity index (χ0n) is 12.7. The van der Waals surface area contributed by atoms with E-state index in [1.807, 2.05) is 12.1 Å². The van der Waals surface area contributed by atoms with Crippen LogP contribution in [0.3, 0.4) is 0 Å². The molecule has 0 saturated carbocycles. The maximum atomic E-state index is 11.8. The molecule has 0 aliphatic carbocycles. The number of anilines is 2. The standard InChI is InChI=1S/C16H27N3O/c1-3-4-5-12-19(2)13-6-7-16(20)18-15-10-8-14(17)9-11-15/h8-11H,3-7,12-13,17H2,1-2H3,(H,18,20). The summed E-state index contributed by atoms with van der Waals surface area (Å²) in [6.45, 7) is 4.30. The first-order valence-electron chi connectivity index (χ1n) is 7.45. The van der Waals surface area contributed by atoms with E-state index in [9.17, 15) is 4.79 Å². The van der Waals surface area contributed by atoms with Crippen molar-refractivity contribution in [2.45, 2.75) is 39.0 Å². The molecule has 112 valence electrons. The number of nitrogen functional groups attached to an aromatic ring is 1. The molecule has 0 aromatic heterocycles. The van der Waals surface area contributed by atoms with Crippen LogP contribution < -0.4 is 11.1 Å². The third-order valence-corrected chi connectivity index (χ3v) is 3.28. The van der Waals surface area contributed by atoms with Crippen molar-refractivity contribution >= 4 is 17.3 Å². The maximum absolute atomic E-state index is 11.8. The molecule has 0 bridgehead atoms. The Morgan fingerprint density at radius 3 is 2.45 bits per heavy atom. The first-order valence-corrected chi connectivity index (χ1v) is 7.45. The first kappa shape index (κ1) is 16.5. The molecule has 0 aliphatic heterocycles. The number of amides is 1. The van der Waals surface area contributed by atoms with E-state index in [0.717, 1.165) is 25.2 Å². The van der Waals surface area contributed by atoms with E-state index in [0.29, 0.717) is 12.1 Å². The lowest BCUT2D eigenvalue weighted by molar-refractivity contribution is -0.116. The van der Waals surface area contributed by atoms with Crippen molar-refractivity contribution in [1.29, 1.82) is 0 Å². The molecule has 0 heterocycles. The Morgan fingerprint density at radius 1 is 1.15 bits per heavy atom. The second kappa shape index (κ2) is 9.37. The van der Waals surface area contributed by atoms with E-state index in [4.69, 9.17) is 5.73 Å². The number of carbonyl (C=O) groups excluding carboxylic acids is 1. The molecular formula is C16H27N3O. The van der Waals surface area contributed by atoms with Gasteiger partial charge in [-0.25, -0.2) is 0 Å². The minimum Gasteiger partial charge on any atom is -0.399 e. The first-order chi connectivity index (χ1) is 9.61. The van der Waals surface area contributed by atoms with E-state index in [2.05, 4.69) is 24.2 Å². The van der Waals surface area contributed by atoms with E-state index in [1.54, 1.807) is 12.1 Å². The van der Waals surface area contributed by atoms with Gasteiger partial charge in [-0.1, -0.05) is 19.8 Å². The van der Waals surface area contributed by atoms with Gasteiger partial charge in [0, 0.05) is 17.8 Å². The Balaban J connectivity index is 2.15. The van der Waals surface area contributed by atoms with Crippen molar-refractivity contribution in [3.8, 4) is 0 Å². The second-order valence-electron chi connectivity index (χ2n) is 5.28. The number of benzene rings is 1. The number of nitrogens with zero attached hydrogens (tertiary/aromatic N) is 1. The zero-order chi connectivity index (χ0) is 14.8. The highest BCUT2D eigenvalue weighted by atomic mass is 16.1. The van der Waals surface area contributed by atoms with Gasteiger partial charge in [-0.15, -0.1) is 0 Å². The summed E-state index contributed by atoms with van der Waals surface area (Å²) in [5.74, 6) is 0.0664. The smallest absolute Gasteiger partial charge is 0.224 e. The average molecular weight is 277 g/mol. The van der Waals surface area contributed by atoms with E-state index >= 15 is 0 Å². The van der Waals surface area contributed by atoms with Gasteiger partial charge in [0.25, 0.3) is 0 Å². The third kappa shape index (κ3) is 7.14. The quantitative estimate of drug-likeness (QED) is 0.538. The molecule has 0 radical (unpaired) electrons. The molecular weight excluding hydrogens is 250 g/mol.